The molecule has 0 bridgehead atoms. The summed E-state index contributed by atoms with van der Waals surface area (Å²) in [4.78, 5) is 1.37. The van der Waals surface area contributed by atoms with E-state index in [0.717, 1.165) is 13.0 Å². The van der Waals surface area contributed by atoms with E-state index in [2.05, 4.69) is 23.5 Å². The van der Waals surface area contributed by atoms with Crippen LogP contribution >= 0.6 is 11.8 Å². The average Bonchev–Trinajstić information content (AvgIpc) is 2.17. The van der Waals surface area contributed by atoms with Crippen LogP contribution in [0.3, 0.4) is 0 Å². The third-order valence-electron chi connectivity index (χ3n) is 2.28. The fourth-order valence-electron chi connectivity index (χ4n) is 1.69. The number of fused-ring (bicyclic) bond motifs is 1. The van der Waals surface area contributed by atoms with Crippen molar-refractivity contribution in [3.8, 4) is 0 Å². The molecule has 1 unspecified atom stereocenters. The van der Waals surface area contributed by atoms with Crippen molar-refractivity contribution in [2.24, 2.45) is 5.73 Å². The summed E-state index contributed by atoms with van der Waals surface area (Å²) in [6.45, 7) is 3.11. The molecule has 1 aromatic carbocycles. The van der Waals surface area contributed by atoms with Crippen LogP contribution in [0, 0.1) is 0 Å². The molecule has 76 valence electrons. The molecule has 3 heteroatoms. The van der Waals surface area contributed by atoms with Crippen molar-refractivity contribution >= 4 is 17.4 Å². The van der Waals surface area contributed by atoms with Crippen LogP contribution in [0.1, 0.15) is 12.5 Å². The van der Waals surface area contributed by atoms with Crippen LogP contribution in [-0.2, 0) is 6.42 Å². The highest BCUT2D eigenvalue weighted by atomic mass is 32.2. The Morgan fingerprint density at radius 2 is 2.43 bits per heavy atom. The highest BCUT2D eigenvalue weighted by Crippen LogP contribution is 2.31. The number of rotatable bonds is 2. The number of hydrogen-bond acceptors (Lipinski definition) is 3. The molecule has 0 saturated heterocycles. The normalized spacial score (nSPS) is 17.0. The van der Waals surface area contributed by atoms with Crippen molar-refractivity contribution in [1.82, 2.24) is 0 Å². The fraction of sp³-hybridized carbons (Fsp3) is 0.455. The van der Waals surface area contributed by atoms with Gasteiger partial charge in [0.05, 0.1) is 0 Å². The van der Waals surface area contributed by atoms with Gasteiger partial charge in [0, 0.05) is 28.9 Å². The number of nitrogens with one attached hydrogen (secondary N) is 1. The first-order valence-corrected chi connectivity index (χ1v) is 5.99. The standard InChI is InChI=1S/C11H16N2S/c1-8(12)6-9-2-3-11-10(7-9)13-4-5-14-11/h2-3,7-8,13H,4-6,12H2,1H3. The largest absolute Gasteiger partial charge is 0.383 e. The summed E-state index contributed by atoms with van der Waals surface area (Å²) in [5.74, 6) is 1.17. The lowest BCUT2D eigenvalue weighted by Crippen LogP contribution is -2.18. The SMILES string of the molecule is CC(N)Cc1ccc2c(c1)NCCS2. The Labute approximate surface area is 89.3 Å². The van der Waals surface area contributed by atoms with E-state index in [1.807, 2.05) is 18.7 Å². The van der Waals surface area contributed by atoms with Crippen molar-refractivity contribution in [2.45, 2.75) is 24.3 Å². The van der Waals surface area contributed by atoms with Gasteiger partial charge in [-0.2, -0.15) is 0 Å². The number of benzene rings is 1. The molecule has 0 aliphatic carbocycles. The van der Waals surface area contributed by atoms with E-state index in [4.69, 9.17) is 5.73 Å². The van der Waals surface area contributed by atoms with Gasteiger partial charge in [-0.25, -0.2) is 0 Å². The molecule has 2 nitrogen and oxygen atoms in total. The first kappa shape index (κ1) is 9.87. The Balaban J connectivity index is 2.20. The van der Waals surface area contributed by atoms with Crippen LogP contribution in [0.4, 0.5) is 5.69 Å². The third kappa shape index (κ3) is 2.22. The Morgan fingerprint density at radius 3 is 3.21 bits per heavy atom. The minimum atomic E-state index is 0.240. The summed E-state index contributed by atoms with van der Waals surface area (Å²) < 4.78 is 0. The molecule has 0 radical (unpaired) electrons. The fourth-order valence-corrected chi connectivity index (χ4v) is 2.56. The van der Waals surface area contributed by atoms with Crippen LogP contribution in [0.15, 0.2) is 23.1 Å². The average molecular weight is 208 g/mol. The lowest BCUT2D eigenvalue weighted by Gasteiger charge is -2.18. The van der Waals surface area contributed by atoms with Crippen molar-refractivity contribution in [2.75, 3.05) is 17.6 Å². The lowest BCUT2D eigenvalue weighted by molar-refractivity contribution is 0.738. The molecule has 1 aliphatic heterocycles. The highest BCUT2D eigenvalue weighted by molar-refractivity contribution is 7.99. The van der Waals surface area contributed by atoms with E-state index in [1.54, 1.807) is 0 Å². The van der Waals surface area contributed by atoms with Gasteiger partial charge in [-0.05, 0) is 31.0 Å². The zero-order valence-corrected chi connectivity index (χ0v) is 9.23. The predicted molar refractivity (Wildman–Crippen MR) is 63.0 cm³/mol. The molecule has 2 rings (SSSR count). The van der Waals surface area contributed by atoms with Crippen LogP contribution < -0.4 is 11.1 Å². The molecule has 1 atom stereocenters. The number of nitrogens with two attached hydrogens (primary N) is 1. The Morgan fingerprint density at radius 1 is 1.57 bits per heavy atom. The molecule has 1 aromatic rings. The zero-order chi connectivity index (χ0) is 9.97. The van der Waals surface area contributed by atoms with Gasteiger partial charge in [0.1, 0.15) is 0 Å². The smallest absolute Gasteiger partial charge is 0.0481 e. The molecular weight excluding hydrogens is 192 g/mol. The summed E-state index contributed by atoms with van der Waals surface area (Å²) in [7, 11) is 0. The molecule has 0 spiro atoms. The van der Waals surface area contributed by atoms with Gasteiger partial charge in [0.15, 0.2) is 0 Å². The van der Waals surface area contributed by atoms with Crippen LogP contribution in [0.5, 0.6) is 0 Å². The van der Waals surface area contributed by atoms with Crippen LogP contribution in [0.2, 0.25) is 0 Å². The van der Waals surface area contributed by atoms with E-state index in [1.165, 1.54) is 21.9 Å². The summed E-state index contributed by atoms with van der Waals surface area (Å²) >= 11 is 1.92. The van der Waals surface area contributed by atoms with Crippen molar-refractivity contribution in [3.63, 3.8) is 0 Å². The molecule has 1 aliphatic rings. The molecule has 14 heavy (non-hydrogen) atoms. The quantitative estimate of drug-likeness (QED) is 0.781. The van der Waals surface area contributed by atoms with Gasteiger partial charge in [-0.1, -0.05) is 6.07 Å². The topological polar surface area (TPSA) is 38.0 Å². The molecule has 0 fully saturated rings. The minimum absolute atomic E-state index is 0.240. The maximum absolute atomic E-state index is 5.77. The number of anilines is 1. The zero-order valence-electron chi connectivity index (χ0n) is 8.42. The Kier molecular flexibility index (Phi) is 2.99. The van der Waals surface area contributed by atoms with Crippen LogP contribution in [-0.4, -0.2) is 18.3 Å². The maximum Gasteiger partial charge on any atom is 0.0481 e. The van der Waals surface area contributed by atoms with Gasteiger partial charge in [-0.3, -0.25) is 0 Å². The van der Waals surface area contributed by atoms with E-state index in [-0.39, 0.29) is 6.04 Å². The highest BCUT2D eigenvalue weighted by Gasteiger charge is 2.09. The van der Waals surface area contributed by atoms with Gasteiger partial charge in [0.25, 0.3) is 0 Å². The van der Waals surface area contributed by atoms with E-state index in [0.29, 0.717) is 0 Å². The first-order chi connectivity index (χ1) is 6.75. The maximum atomic E-state index is 5.77. The summed E-state index contributed by atoms with van der Waals surface area (Å²) in [5.41, 5.74) is 8.38. The first-order valence-electron chi connectivity index (χ1n) is 5.01. The molecule has 1 heterocycles. The molecule has 0 amide bonds. The Hall–Kier alpha value is -0.670. The van der Waals surface area contributed by atoms with Crippen LogP contribution in [0.25, 0.3) is 0 Å². The van der Waals surface area contributed by atoms with Crippen molar-refractivity contribution < 1.29 is 0 Å². The van der Waals surface area contributed by atoms with Gasteiger partial charge < -0.3 is 11.1 Å². The number of hydrogen-bond donors (Lipinski definition) is 2. The van der Waals surface area contributed by atoms with Gasteiger partial charge in [-0.15, -0.1) is 11.8 Å². The molecular formula is C11H16N2S. The van der Waals surface area contributed by atoms with E-state index < -0.39 is 0 Å². The molecule has 0 saturated carbocycles. The Bertz CT molecular complexity index is 323. The second-order valence-corrected chi connectivity index (χ2v) is 4.92. The summed E-state index contributed by atoms with van der Waals surface area (Å²) in [5, 5.41) is 3.41. The monoisotopic (exact) mass is 208 g/mol. The molecule has 0 aromatic heterocycles. The van der Waals surface area contributed by atoms with Gasteiger partial charge >= 0.3 is 0 Å². The summed E-state index contributed by atoms with van der Waals surface area (Å²) in [6.07, 6.45) is 0.958. The second kappa shape index (κ2) is 4.24. The van der Waals surface area contributed by atoms with Gasteiger partial charge in [0.2, 0.25) is 0 Å². The number of thioether (sulfide) groups is 1. The predicted octanol–water partition coefficient (Wildman–Crippen LogP) is 2.09. The van der Waals surface area contributed by atoms with Crippen molar-refractivity contribution in [1.29, 1.82) is 0 Å². The summed E-state index contributed by atoms with van der Waals surface area (Å²) in [6, 6.07) is 6.85. The van der Waals surface area contributed by atoms with Crippen molar-refractivity contribution in [3.05, 3.63) is 23.8 Å². The lowest BCUT2D eigenvalue weighted by atomic mass is 10.1. The third-order valence-corrected chi connectivity index (χ3v) is 3.35. The molecule has 3 N–H and O–H groups in total. The second-order valence-electron chi connectivity index (χ2n) is 3.79. The van der Waals surface area contributed by atoms with E-state index >= 15 is 0 Å². The minimum Gasteiger partial charge on any atom is -0.383 e. The van der Waals surface area contributed by atoms with E-state index in [9.17, 15) is 0 Å².